The predicted molar refractivity (Wildman–Crippen MR) is 91.2 cm³/mol. The van der Waals surface area contributed by atoms with Crippen molar-refractivity contribution in [3.05, 3.63) is 52.6 Å². The van der Waals surface area contributed by atoms with Crippen molar-refractivity contribution in [1.29, 1.82) is 0 Å². The van der Waals surface area contributed by atoms with Crippen molar-refractivity contribution in [2.45, 2.75) is 23.6 Å². The first-order valence-corrected chi connectivity index (χ1v) is 9.85. The van der Waals surface area contributed by atoms with E-state index in [2.05, 4.69) is 20.9 Å². The number of ether oxygens (including phenoxy) is 1. The molecule has 1 unspecified atom stereocenters. The minimum atomic E-state index is -4.51. The van der Waals surface area contributed by atoms with Crippen molar-refractivity contribution >= 4 is 26.0 Å². The smallest absolute Gasteiger partial charge is 0.416 e. The highest BCUT2D eigenvalue weighted by atomic mass is 79.9. The summed E-state index contributed by atoms with van der Waals surface area (Å²) in [6, 6.07) is 6.90. The summed E-state index contributed by atoms with van der Waals surface area (Å²) in [4.78, 5) is 3.90. The summed E-state index contributed by atoms with van der Waals surface area (Å²) in [5, 5.41) is 0. The molecule has 1 aliphatic rings. The molecular formula is C16H14BrF3N2O3S. The van der Waals surface area contributed by atoms with Crippen molar-refractivity contribution < 1.29 is 26.3 Å². The second-order valence-corrected chi connectivity index (χ2v) is 8.58. The van der Waals surface area contributed by atoms with Crippen LogP contribution in [0.2, 0.25) is 0 Å². The molecule has 1 saturated heterocycles. The third kappa shape index (κ3) is 4.18. The number of sulfonamides is 1. The fourth-order valence-corrected chi connectivity index (χ4v) is 4.30. The first kappa shape index (κ1) is 19.1. The van der Waals surface area contributed by atoms with Gasteiger partial charge in [-0.1, -0.05) is 0 Å². The normalized spacial score (nSPS) is 18.8. The zero-order chi connectivity index (χ0) is 18.9. The highest BCUT2D eigenvalue weighted by Gasteiger charge is 2.35. The third-order valence-corrected chi connectivity index (χ3v) is 6.26. The molecule has 0 amide bonds. The summed E-state index contributed by atoms with van der Waals surface area (Å²) in [6.07, 6.45) is -2.83. The Hall–Kier alpha value is -1.65. The standard InChI is InChI=1S/C16H14BrF3N2O3S/c17-12-3-6-15(21-9-12)25-13-7-8-22(10-13)26(23,24)14-4-1-11(2-5-14)16(18,19)20/h1-6,9,13H,7-8,10H2. The van der Waals surface area contributed by atoms with E-state index in [9.17, 15) is 21.6 Å². The number of pyridine rings is 1. The molecule has 0 spiro atoms. The predicted octanol–water partition coefficient (Wildman–Crippen LogP) is 3.70. The highest BCUT2D eigenvalue weighted by Crippen LogP contribution is 2.31. The lowest BCUT2D eigenvalue weighted by Crippen LogP contribution is -2.31. The van der Waals surface area contributed by atoms with E-state index in [0.29, 0.717) is 12.3 Å². The molecule has 5 nitrogen and oxygen atoms in total. The molecule has 2 heterocycles. The average molecular weight is 451 g/mol. The van der Waals surface area contributed by atoms with Crippen molar-refractivity contribution in [2.75, 3.05) is 13.1 Å². The van der Waals surface area contributed by atoms with Gasteiger partial charge in [-0.05, 0) is 52.7 Å². The summed E-state index contributed by atoms with van der Waals surface area (Å²) in [7, 11) is -3.87. The number of rotatable bonds is 4. The van der Waals surface area contributed by atoms with Crippen molar-refractivity contribution in [1.82, 2.24) is 9.29 Å². The van der Waals surface area contributed by atoms with Gasteiger partial charge >= 0.3 is 6.18 Å². The number of hydrogen-bond donors (Lipinski definition) is 0. The average Bonchev–Trinajstić information content (AvgIpc) is 3.06. The lowest BCUT2D eigenvalue weighted by molar-refractivity contribution is -0.137. The second-order valence-electron chi connectivity index (χ2n) is 5.73. The van der Waals surface area contributed by atoms with Crippen LogP contribution in [-0.4, -0.2) is 36.9 Å². The number of benzene rings is 1. The molecule has 1 fully saturated rings. The van der Waals surface area contributed by atoms with E-state index in [1.165, 1.54) is 4.31 Å². The van der Waals surface area contributed by atoms with Gasteiger partial charge in [0.2, 0.25) is 15.9 Å². The monoisotopic (exact) mass is 450 g/mol. The maximum Gasteiger partial charge on any atom is 0.416 e. The van der Waals surface area contributed by atoms with E-state index < -0.39 is 21.8 Å². The first-order valence-electron chi connectivity index (χ1n) is 7.62. The molecule has 1 aromatic heterocycles. The topological polar surface area (TPSA) is 59.5 Å². The molecule has 0 saturated carbocycles. The zero-order valence-corrected chi connectivity index (χ0v) is 15.7. The van der Waals surface area contributed by atoms with E-state index in [0.717, 1.165) is 28.7 Å². The van der Waals surface area contributed by atoms with Crippen LogP contribution in [0.4, 0.5) is 13.2 Å². The minimum Gasteiger partial charge on any atom is -0.473 e. The number of alkyl halides is 3. The molecule has 26 heavy (non-hydrogen) atoms. The van der Waals surface area contributed by atoms with Crippen molar-refractivity contribution in [2.24, 2.45) is 0 Å². The quantitative estimate of drug-likeness (QED) is 0.712. The molecule has 1 aliphatic heterocycles. The Labute approximate surface area is 157 Å². The van der Waals surface area contributed by atoms with Crippen molar-refractivity contribution in [3.8, 4) is 5.88 Å². The Kier molecular flexibility index (Phi) is 5.27. The Balaban J connectivity index is 1.69. The molecule has 0 N–H and O–H groups in total. The molecule has 2 aromatic rings. The lowest BCUT2D eigenvalue weighted by Gasteiger charge is -2.17. The van der Waals surface area contributed by atoms with Gasteiger partial charge in [-0.3, -0.25) is 0 Å². The van der Waals surface area contributed by atoms with Crippen LogP contribution < -0.4 is 4.74 Å². The van der Waals surface area contributed by atoms with Gasteiger partial charge in [0, 0.05) is 23.3 Å². The van der Waals surface area contributed by atoms with Crippen LogP contribution in [0.1, 0.15) is 12.0 Å². The first-order chi connectivity index (χ1) is 12.2. The van der Waals surface area contributed by atoms with Crippen LogP contribution in [0.15, 0.2) is 52.0 Å². The summed E-state index contributed by atoms with van der Waals surface area (Å²) in [5.74, 6) is 0.381. The molecule has 0 radical (unpaired) electrons. The molecule has 140 valence electrons. The van der Waals surface area contributed by atoms with Crippen molar-refractivity contribution in [3.63, 3.8) is 0 Å². The number of halogens is 4. The molecule has 0 bridgehead atoms. The molecule has 1 atom stereocenters. The number of nitrogens with zero attached hydrogens (tertiary/aromatic N) is 2. The van der Waals surface area contributed by atoms with Gasteiger partial charge in [-0.2, -0.15) is 17.5 Å². The summed E-state index contributed by atoms with van der Waals surface area (Å²) in [5.41, 5.74) is -0.889. The molecular weight excluding hydrogens is 437 g/mol. The van der Waals surface area contributed by atoms with E-state index in [1.54, 1.807) is 18.3 Å². The number of aromatic nitrogens is 1. The summed E-state index contributed by atoms with van der Waals surface area (Å²) < 4.78 is 70.7. The lowest BCUT2D eigenvalue weighted by atomic mass is 10.2. The van der Waals surface area contributed by atoms with E-state index in [-0.39, 0.29) is 24.1 Å². The van der Waals surface area contributed by atoms with Gasteiger partial charge in [-0.15, -0.1) is 0 Å². The Bertz CT molecular complexity index is 871. The fourth-order valence-electron chi connectivity index (χ4n) is 2.58. The van der Waals surface area contributed by atoms with Gasteiger partial charge in [0.25, 0.3) is 0 Å². The van der Waals surface area contributed by atoms with E-state index in [1.807, 2.05) is 0 Å². The number of hydrogen-bond acceptors (Lipinski definition) is 4. The summed E-state index contributed by atoms with van der Waals surface area (Å²) >= 11 is 3.26. The highest BCUT2D eigenvalue weighted by molar-refractivity contribution is 9.10. The SMILES string of the molecule is O=S(=O)(c1ccc(C(F)(F)F)cc1)N1CCC(Oc2ccc(Br)cn2)C1. The van der Waals surface area contributed by atoms with Crippen LogP contribution in [0, 0.1) is 0 Å². The fraction of sp³-hybridized carbons (Fsp3) is 0.312. The third-order valence-electron chi connectivity index (χ3n) is 3.91. The maximum atomic E-state index is 12.6. The van der Waals surface area contributed by atoms with E-state index in [4.69, 9.17) is 4.74 Å². The van der Waals surface area contributed by atoms with Crippen LogP contribution in [0.3, 0.4) is 0 Å². The van der Waals surface area contributed by atoms with Gasteiger partial charge in [0.1, 0.15) is 6.10 Å². The van der Waals surface area contributed by atoms with Gasteiger partial charge in [-0.25, -0.2) is 13.4 Å². The Morgan fingerprint density at radius 1 is 1.15 bits per heavy atom. The molecule has 1 aromatic carbocycles. The summed E-state index contributed by atoms with van der Waals surface area (Å²) in [6.45, 7) is 0.339. The Morgan fingerprint density at radius 2 is 1.85 bits per heavy atom. The largest absolute Gasteiger partial charge is 0.473 e. The maximum absolute atomic E-state index is 12.6. The molecule has 10 heteroatoms. The second kappa shape index (κ2) is 7.16. The minimum absolute atomic E-state index is 0.112. The van der Waals surface area contributed by atoms with Crippen LogP contribution in [-0.2, 0) is 16.2 Å². The van der Waals surface area contributed by atoms with Gasteiger partial charge in [0.15, 0.2) is 0 Å². The zero-order valence-electron chi connectivity index (χ0n) is 13.3. The van der Waals surface area contributed by atoms with Crippen LogP contribution >= 0.6 is 15.9 Å². The van der Waals surface area contributed by atoms with Crippen LogP contribution in [0.25, 0.3) is 0 Å². The Morgan fingerprint density at radius 3 is 2.42 bits per heavy atom. The molecule has 3 rings (SSSR count). The van der Waals surface area contributed by atoms with E-state index >= 15 is 0 Å². The molecule has 0 aliphatic carbocycles. The van der Waals surface area contributed by atoms with Gasteiger partial charge < -0.3 is 4.74 Å². The van der Waals surface area contributed by atoms with Crippen LogP contribution in [0.5, 0.6) is 5.88 Å². The van der Waals surface area contributed by atoms with Gasteiger partial charge in [0.05, 0.1) is 17.0 Å².